The van der Waals surface area contributed by atoms with Crippen molar-refractivity contribution in [2.45, 2.75) is 26.2 Å². The molecule has 2 aromatic rings. The minimum atomic E-state index is -0.176. The minimum Gasteiger partial charge on any atom is -0.351 e. The van der Waals surface area contributed by atoms with Gasteiger partial charge in [0.05, 0.1) is 12.4 Å². The van der Waals surface area contributed by atoms with E-state index in [-0.39, 0.29) is 5.91 Å². The Balaban J connectivity index is 1.88. The zero-order valence-corrected chi connectivity index (χ0v) is 12.2. The Kier molecular flexibility index (Phi) is 5.70. The number of amides is 1. The molecule has 21 heavy (non-hydrogen) atoms. The molecule has 2 N–H and O–H groups in total. The van der Waals surface area contributed by atoms with Gasteiger partial charge in [0.1, 0.15) is 11.5 Å². The molecule has 0 aliphatic heterocycles. The first kappa shape index (κ1) is 15.0. The van der Waals surface area contributed by atoms with Gasteiger partial charge in [0, 0.05) is 12.2 Å². The van der Waals surface area contributed by atoms with E-state index in [9.17, 15) is 4.79 Å². The van der Waals surface area contributed by atoms with Crippen LogP contribution in [0, 0.1) is 0 Å². The van der Waals surface area contributed by atoms with Gasteiger partial charge in [-0.1, -0.05) is 38.0 Å². The van der Waals surface area contributed by atoms with Crippen LogP contribution >= 0.6 is 0 Å². The van der Waals surface area contributed by atoms with Crippen LogP contribution < -0.4 is 10.6 Å². The molecule has 0 saturated heterocycles. The van der Waals surface area contributed by atoms with Crippen LogP contribution in [-0.4, -0.2) is 22.4 Å². The van der Waals surface area contributed by atoms with Crippen molar-refractivity contribution in [3.8, 4) is 0 Å². The first-order valence-corrected chi connectivity index (χ1v) is 7.22. The predicted octanol–water partition coefficient (Wildman–Crippen LogP) is 3.14. The van der Waals surface area contributed by atoms with Gasteiger partial charge in [0.25, 0.3) is 5.91 Å². The maximum Gasteiger partial charge on any atom is 0.271 e. The molecule has 1 heterocycles. The number of hydrogen-bond acceptors (Lipinski definition) is 4. The second kappa shape index (κ2) is 7.99. The van der Waals surface area contributed by atoms with Crippen LogP contribution in [0.3, 0.4) is 0 Å². The Bertz CT molecular complexity index is 554. The second-order valence-corrected chi connectivity index (χ2v) is 4.74. The molecule has 0 aliphatic rings. The zero-order chi connectivity index (χ0) is 14.9. The molecule has 0 atom stereocenters. The smallest absolute Gasteiger partial charge is 0.271 e. The molecule has 0 aliphatic carbocycles. The number of rotatable bonds is 7. The highest BCUT2D eigenvalue weighted by molar-refractivity contribution is 5.92. The average molecular weight is 284 g/mol. The normalized spacial score (nSPS) is 10.1. The van der Waals surface area contributed by atoms with Crippen molar-refractivity contribution in [3.63, 3.8) is 0 Å². The van der Waals surface area contributed by atoms with Crippen LogP contribution in [0.15, 0.2) is 42.7 Å². The van der Waals surface area contributed by atoms with E-state index in [1.54, 1.807) is 6.20 Å². The van der Waals surface area contributed by atoms with Gasteiger partial charge in [0.2, 0.25) is 0 Å². The number of hydrogen-bond donors (Lipinski definition) is 2. The summed E-state index contributed by atoms with van der Waals surface area (Å²) in [4.78, 5) is 20.2. The summed E-state index contributed by atoms with van der Waals surface area (Å²) >= 11 is 0. The molecular weight excluding hydrogens is 264 g/mol. The molecule has 5 heteroatoms. The van der Waals surface area contributed by atoms with Gasteiger partial charge in [-0.15, -0.1) is 0 Å². The number of nitrogens with one attached hydrogen (secondary N) is 2. The molecule has 1 aromatic carbocycles. The monoisotopic (exact) mass is 284 g/mol. The van der Waals surface area contributed by atoms with Crippen LogP contribution in [0.4, 0.5) is 11.5 Å². The Morgan fingerprint density at radius 2 is 1.90 bits per heavy atom. The minimum absolute atomic E-state index is 0.176. The van der Waals surface area contributed by atoms with E-state index in [1.807, 2.05) is 30.3 Å². The molecule has 2 rings (SSSR count). The van der Waals surface area contributed by atoms with Gasteiger partial charge in [-0.2, -0.15) is 0 Å². The number of benzene rings is 1. The third-order valence-electron chi connectivity index (χ3n) is 3.00. The second-order valence-electron chi connectivity index (χ2n) is 4.74. The zero-order valence-electron chi connectivity index (χ0n) is 12.2. The van der Waals surface area contributed by atoms with E-state index in [4.69, 9.17) is 0 Å². The van der Waals surface area contributed by atoms with E-state index in [0.29, 0.717) is 18.1 Å². The van der Waals surface area contributed by atoms with E-state index in [2.05, 4.69) is 27.5 Å². The van der Waals surface area contributed by atoms with Gasteiger partial charge in [-0.05, 0) is 18.6 Å². The highest BCUT2D eigenvalue weighted by Gasteiger charge is 2.07. The average Bonchev–Trinajstić information content (AvgIpc) is 2.53. The number of anilines is 2. The van der Waals surface area contributed by atoms with E-state index < -0.39 is 0 Å². The Morgan fingerprint density at radius 1 is 1.10 bits per heavy atom. The molecule has 0 bridgehead atoms. The summed E-state index contributed by atoms with van der Waals surface area (Å²) in [6.45, 7) is 2.81. The summed E-state index contributed by atoms with van der Waals surface area (Å²) in [6, 6.07) is 9.71. The maximum absolute atomic E-state index is 11.8. The van der Waals surface area contributed by atoms with Crippen LogP contribution in [0.25, 0.3) is 0 Å². The fraction of sp³-hybridized carbons (Fsp3) is 0.312. The topological polar surface area (TPSA) is 66.9 Å². The van der Waals surface area contributed by atoms with E-state index >= 15 is 0 Å². The summed E-state index contributed by atoms with van der Waals surface area (Å²) in [7, 11) is 0. The van der Waals surface area contributed by atoms with Crippen molar-refractivity contribution >= 4 is 17.4 Å². The fourth-order valence-electron chi connectivity index (χ4n) is 1.85. The highest BCUT2D eigenvalue weighted by atomic mass is 16.1. The Hall–Kier alpha value is -2.43. The number of para-hydroxylation sites is 1. The largest absolute Gasteiger partial charge is 0.351 e. The van der Waals surface area contributed by atoms with Crippen LogP contribution in [0.5, 0.6) is 0 Å². The summed E-state index contributed by atoms with van der Waals surface area (Å²) in [5.41, 5.74) is 1.27. The summed E-state index contributed by atoms with van der Waals surface area (Å²) in [6.07, 6.45) is 6.29. The van der Waals surface area contributed by atoms with Crippen LogP contribution in [0.1, 0.15) is 36.7 Å². The molecule has 5 nitrogen and oxygen atoms in total. The van der Waals surface area contributed by atoms with Crippen molar-refractivity contribution in [3.05, 3.63) is 48.4 Å². The number of carbonyl (C=O) groups is 1. The molecule has 0 saturated carbocycles. The molecule has 1 amide bonds. The highest BCUT2D eigenvalue weighted by Crippen LogP contribution is 2.12. The quantitative estimate of drug-likeness (QED) is 0.766. The molecule has 1 aromatic heterocycles. The molecular formula is C16H20N4O. The summed E-state index contributed by atoms with van der Waals surface area (Å²) in [5.74, 6) is 0.439. The molecule has 0 unspecified atom stereocenters. The lowest BCUT2D eigenvalue weighted by atomic mass is 10.2. The third-order valence-corrected chi connectivity index (χ3v) is 3.00. The first-order valence-electron chi connectivity index (χ1n) is 7.22. The first-order chi connectivity index (χ1) is 10.3. The lowest BCUT2D eigenvalue weighted by molar-refractivity contribution is 0.0947. The third kappa shape index (κ3) is 4.87. The van der Waals surface area contributed by atoms with Gasteiger partial charge >= 0.3 is 0 Å². The van der Waals surface area contributed by atoms with Crippen molar-refractivity contribution in [1.82, 2.24) is 15.3 Å². The van der Waals surface area contributed by atoms with Crippen LogP contribution in [0.2, 0.25) is 0 Å². The van der Waals surface area contributed by atoms with E-state index in [1.165, 1.54) is 6.20 Å². The van der Waals surface area contributed by atoms with Crippen LogP contribution in [-0.2, 0) is 0 Å². The molecule has 0 radical (unpaired) electrons. The summed E-state index contributed by atoms with van der Waals surface area (Å²) < 4.78 is 0. The number of aromatic nitrogens is 2. The standard InChI is InChI=1S/C16H20N4O/c1-2-3-7-10-17-16(21)14-11-19-15(12-18-14)20-13-8-5-4-6-9-13/h4-6,8-9,11-12H,2-3,7,10H2,1H3,(H,17,21)(H,19,20). The Morgan fingerprint density at radius 3 is 2.57 bits per heavy atom. The summed E-state index contributed by atoms with van der Waals surface area (Å²) in [5, 5.41) is 5.97. The molecule has 0 fully saturated rings. The van der Waals surface area contributed by atoms with Gasteiger partial charge in [-0.3, -0.25) is 4.79 Å². The van der Waals surface area contributed by atoms with Gasteiger partial charge in [-0.25, -0.2) is 9.97 Å². The lowest BCUT2D eigenvalue weighted by Gasteiger charge is -2.06. The van der Waals surface area contributed by atoms with Crippen molar-refractivity contribution in [1.29, 1.82) is 0 Å². The van der Waals surface area contributed by atoms with Gasteiger partial charge in [0.15, 0.2) is 0 Å². The van der Waals surface area contributed by atoms with Gasteiger partial charge < -0.3 is 10.6 Å². The molecule has 110 valence electrons. The number of nitrogens with zero attached hydrogens (tertiary/aromatic N) is 2. The lowest BCUT2D eigenvalue weighted by Crippen LogP contribution is -2.25. The SMILES string of the molecule is CCCCCNC(=O)c1cnc(Nc2ccccc2)cn1. The van der Waals surface area contributed by atoms with Crippen molar-refractivity contribution in [2.75, 3.05) is 11.9 Å². The predicted molar refractivity (Wildman–Crippen MR) is 83.6 cm³/mol. The fourth-order valence-corrected chi connectivity index (χ4v) is 1.85. The van der Waals surface area contributed by atoms with E-state index in [0.717, 1.165) is 24.9 Å². The molecule has 0 spiro atoms. The van der Waals surface area contributed by atoms with Crippen molar-refractivity contribution < 1.29 is 4.79 Å². The maximum atomic E-state index is 11.8. The number of unbranched alkanes of at least 4 members (excludes halogenated alkanes) is 2. The Labute approximate surface area is 124 Å². The number of carbonyl (C=O) groups excluding carboxylic acids is 1. The van der Waals surface area contributed by atoms with Crippen molar-refractivity contribution in [2.24, 2.45) is 0 Å².